The Morgan fingerprint density at radius 3 is 2.70 bits per heavy atom. The van der Waals surface area contributed by atoms with Crippen LogP contribution in [0.3, 0.4) is 0 Å². The first kappa shape index (κ1) is 19.7. The third-order valence-corrected chi connectivity index (χ3v) is 5.36. The number of nitro benzene ring substituents is 1. The molecule has 148 valence electrons. The average molecular weight is 437 g/mol. The second-order valence-corrected chi connectivity index (χ2v) is 7.53. The summed E-state index contributed by atoms with van der Waals surface area (Å²) in [6.45, 7) is 0. The number of hydrogen-bond acceptors (Lipinski definition) is 6. The normalized spacial score (nSPS) is 10.6. The van der Waals surface area contributed by atoms with Crippen molar-refractivity contribution in [2.24, 2.45) is 0 Å². The Balaban J connectivity index is 1.58. The molecule has 0 unspecified atom stereocenters. The average Bonchev–Trinajstić information content (AvgIpc) is 3.25. The highest BCUT2D eigenvalue weighted by Crippen LogP contribution is 2.30. The van der Waals surface area contributed by atoms with Gasteiger partial charge in [-0.15, -0.1) is 11.3 Å². The number of carbonyl (C=O) groups excluding carboxylic acids is 1. The first-order valence-electron chi connectivity index (χ1n) is 8.73. The lowest BCUT2D eigenvalue weighted by Gasteiger charge is -2.07. The maximum absolute atomic E-state index is 12.6. The lowest BCUT2D eigenvalue weighted by Crippen LogP contribution is -2.14. The predicted octanol–water partition coefficient (Wildman–Crippen LogP) is 5.69. The standard InChI is InChI=1S/C21H13ClN4O3S/c22-15-6-7-17(19(10-15)26(28)29)20(27)24-16-5-1-3-13(9-16)18-12-30-21(25-18)14-4-2-8-23-11-14/h1-12H,(H,24,27). The van der Waals surface area contributed by atoms with Gasteiger partial charge < -0.3 is 5.32 Å². The number of rotatable bonds is 5. The molecule has 0 saturated heterocycles. The zero-order valence-corrected chi connectivity index (χ0v) is 16.9. The van der Waals surface area contributed by atoms with Crippen LogP contribution in [-0.4, -0.2) is 20.8 Å². The third-order valence-electron chi connectivity index (χ3n) is 4.23. The van der Waals surface area contributed by atoms with E-state index in [-0.39, 0.29) is 16.3 Å². The molecule has 0 aliphatic rings. The van der Waals surface area contributed by atoms with Gasteiger partial charge in [0.2, 0.25) is 0 Å². The lowest BCUT2D eigenvalue weighted by atomic mass is 10.1. The fourth-order valence-corrected chi connectivity index (χ4v) is 3.82. The Kier molecular flexibility index (Phi) is 5.51. The quantitative estimate of drug-likeness (QED) is 0.320. The molecule has 0 bridgehead atoms. The van der Waals surface area contributed by atoms with E-state index in [2.05, 4.69) is 15.3 Å². The van der Waals surface area contributed by atoms with E-state index < -0.39 is 10.8 Å². The number of aromatic nitrogens is 2. The van der Waals surface area contributed by atoms with Crippen molar-refractivity contribution in [3.05, 3.63) is 93.1 Å². The number of hydrogen-bond donors (Lipinski definition) is 1. The van der Waals surface area contributed by atoms with Crippen molar-refractivity contribution in [1.29, 1.82) is 0 Å². The molecular formula is C21H13ClN4O3S. The van der Waals surface area contributed by atoms with Gasteiger partial charge in [-0.3, -0.25) is 19.9 Å². The molecule has 4 rings (SSSR count). The molecule has 7 nitrogen and oxygen atoms in total. The van der Waals surface area contributed by atoms with Gasteiger partial charge in [-0.05, 0) is 36.4 Å². The fraction of sp³-hybridized carbons (Fsp3) is 0. The van der Waals surface area contributed by atoms with Gasteiger partial charge in [0.1, 0.15) is 10.6 Å². The van der Waals surface area contributed by atoms with Gasteiger partial charge in [0.15, 0.2) is 0 Å². The molecule has 2 heterocycles. The van der Waals surface area contributed by atoms with Crippen LogP contribution in [0.1, 0.15) is 10.4 Å². The molecule has 0 aliphatic heterocycles. The van der Waals surface area contributed by atoms with Crippen molar-refractivity contribution in [2.75, 3.05) is 5.32 Å². The highest BCUT2D eigenvalue weighted by Gasteiger charge is 2.21. The first-order valence-corrected chi connectivity index (χ1v) is 9.99. The first-order chi connectivity index (χ1) is 14.5. The number of carbonyl (C=O) groups is 1. The Morgan fingerprint density at radius 1 is 1.10 bits per heavy atom. The number of nitrogens with one attached hydrogen (secondary N) is 1. The molecule has 30 heavy (non-hydrogen) atoms. The minimum Gasteiger partial charge on any atom is -0.322 e. The van der Waals surface area contributed by atoms with E-state index in [1.54, 1.807) is 30.6 Å². The van der Waals surface area contributed by atoms with E-state index in [1.807, 2.05) is 23.6 Å². The van der Waals surface area contributed by atoms with Gasteiger partial charge in [0.25, 0.3) is 11.6 Å². The zero-order chi connectivity index (χ0) is 21.1. The summed E-state index contributed by atoms with van der Waals surface area (Å²) in [4.78, 5) is 32.0. The van der Waals surface area contributed by atoms with Crippen LogP contribution in [0.25, 0.3) is 21.8 Å². The molecule has 4 aromatic rings. The van der Waals surface area contributed by atoms with E-state index in [9.17, 15) is 14.9 Å². The Hall–Kier alpha value is -3.62. The van der Waals surface area contributed by atoms with Crippen molar-refractivity contribution in [1.82, 2.24) is 9.97 Å². The molecule has 9 heteroatoms. The number of amides is 1. The smallest absolute Gasteiger partial charge is 0.283 e. The highest BCUT2D eigenvalue weighted by atomic mass is 35.5. The van der Waals surface area contributed by atoms with Crippen LogP contribution in [0.15, 0.2) is 72.4 Å². The molecule has 0 saturated carbocycles. The predicted molar refractivity (Wildman–Crippen MR) is 117 cm³/mol. The van der Waals surface area contributed by atoms with Gasteiger partial charge in [-0.2, -0.15) is 0 Å². The van der Waals surface area contributed by atoms with E-state index >= 15 is 0 Å². The van der Waals surface area contributed by atoms with E-state index in [0.29, 0.717) is 5.69 Å². The van der Waals surface area contributed by atoms with Crippen LogP contribution < -0.4 is 5.32 Å². The number of benzene rings is 2. The summed E-state index contributed by atoms with van der Waals surface area (Å²) in [6.07, 6.45) is 3.45. The van der Waals surface area contributed by atoms with E-state index in [4.69, 9.17) is 11.6 Å². The Morgan fingerprint density at radius 2 is 1.93 bits per heavy atom. The molecule has 2 aromatic heterocycles. The monoisotopic (exact) mass is 436 g/mol. The molecule has 1 N–H and O–H groups in total. The molecule has 0 fully saturated rings. The summed E-state index contributed by atoms with van der Waals surface area (Å²) >= 11 is 7.31. The number of nitrogens with zero attached hydrogens (tertiary/aromatic N) is 3. The maximum atomic E-state index is 12.6. The molecular weight excluding hydrogens is 424 g/mol. The summed E-state index contributed by atoms with van der Waals surface area (Å²) in [7, 11) is 0. The summed E-state index contributed by atoms with van der Waals surface area (Å²) < 4.78 is 0. The topological polar surface area (TPSA) is 98.0 Å². The minimum absolute atomic E-state index is 0.0673. The second-order valence-electron chi connectivity index (χ2n) is 6.23. The molecule has 2 aromatic carbocycles. The number of pyridine rings is 1. The number of nitro groups is 1. The Bertz CT molecular complexity index is 1240. The van der Waals surface area contributed by atoms with Crippen LogP contribution in [-0.2, 0) is 0 Å². The SMILES string of the molecule is O=C(Nc1cccc(-c2csc(-c3cccnc3)n2)c1)c1ccc(Cl)cc1[N+](=O)[O-]. The molecule has 0 spiro atoms. The minimum atomic E-state index is -0.632. The van der Waals surface area contributed by atoms with Gasteiger partial charge in [-0.25, -0.2) is 4.98 Å². The number of thiazole rings is 1. The maximum Gasteiger partial charge on any atom is 0.283 e. The van der Waals surface area contributed by atoms with Crippen LogP contribution in [0, 0.1) is 10.1 Å². The lowest BCUT2D eigenvalue weighted by molar-refractivity contribution is -0.385. The Labute approximate surface area is 180 Å². The summed E-state index contributed by atoms with van der Waals surface area (Å²) in [5, 5.41) is 16.9. The largest absolute Gasteiger partial charge is 0.322 e. The van der Waals surface area contributed by atoms with Crippen molar-refractivity contribution in [3.63, 3.8) is 0 Å². The highest BCUT2D eigenvalue weighted by molar-refractivity contribution is 7.13. The van der Waals surface area contributed by atoms with Gasteiger partial charge in [0.05, 0.1) is 10.6 Å². The van der Waals surface area contributed by atoms with Gasteiger partial charge in [0, 0.05) is 45.7 Å². The van der Waals surface area contributed by atoms with Crippen LogP contribution in [0.5, 0.6) is 0 Å². The fourth-order valence-electron chi connectivity index (χ4n) is 2.83. The van der Waals surface area contributed by atoms with Gasteiger partial charge >= 0.3 is 0 Å². The third kappa shape index (κ3) is 4.19. The molecule has 0 atom stereocenters. The molecule has 0 aliphatic carbocycles. The van der Waals surface area contributed by atoms with Crippen molar-refractivity contribution in [2.45, 2.75) is 0 Å². The van der Waals surface area contributed by atoms with Crippen LogP contribution >= 0.6 is 22.9 Å². The van der Waals surface area contributed by atoms with Crippen molar-refractivity contribution < 1.29 is 9.72 Å². The molecule has 0 radical (unpaired) electrons. The van der Waals surface area contributed by atoms with E-state index in [1.165, 1.54) is 23.5 Å². The second kappa shape index (κ2) is 8.40. The zero-order valence-electron chi connectivity index (χ0n) is 15.3. The number of halogens is 1. The van der Waals surface area contributed by atoms with Gasteiger partial charge in [-0.1, -0.05) is 23.7 Å². The van der Waals surface area contributed by atoms with E-state index in [0.717, 1.165) is 27.9 Å². The number of anilines is 1. The van der Waals surface area contributed by atoms with Crippen LogP contribution in [0.4, 0.5) is 11.4 Å². The molecule has 1 amide bonds. The van der Waals surface area contributed by atoms with Crippen LogP contribution in [0.2, 0.25) is 5.02 Å². The van der Waals surface area contributed by atoms with Crippen molar-refractivity contribution >= 4 is 40.2 Å². The van der Waals surface area contributed by atoms with Crippen molar-refractivity contribution in [3.8, 4) is 21.8 Å². The summed E-state index contributed by atoms with van der Waals surface area (Å²) in [6, 6.07) is 14.8. The summed E-state index contributed by atoms with van der Waals surface area (Å²) in [5.41, 5.74) is 2.57. The summed E-state index contributed by atoms with van der Waals surface area (Å²) in [5.74, 6) is -0.593.